The molecule has 2 aromatic rings. The van der Waals surface area contributed by atoms with E-state index in [-0.39, 0.29) is 11.5 Å². The van der Waals surface area contributed by atoms with Gasteiger partial charge in [0.25, 0.3) is 0 Å². The molecule has 0 N–H and O–H groups in total. The first-order valence-electron chi connectivity index (χ1n) is 5.01. The molecule has 0 aliphatic carbocycles. The molecule has 0 aliphatic rings. The smallest absolute Gasteiger partial charge is 0.213 e. The van der Waals surface area contributed by atoms with E-state index < -0.39 is 0 Å². The Morgan fingerprint density at radius 1 is 1.29 bits per heavy atom. The van der Waals surface area contributed by atoms with Gasteiger partial charge in [-0.3, -0.25) is 9.78 Å². The van der Waals surface area contributed by atoms with Gasteiger partial charge in [-0.2, -0.15) is 0 Å². The molecule has 1 heterocycles. The van der Waals surface area contributed by atoms with Gasteiger partial charge in [-0.1, -0.05) is 23.7 Å². The number of nitrogens with zero attached hydrogens (tertiary/aromatic N) is 1. The van der Waals surface area contributed by atoms with Crippen LogP contribution in [0.25, 0.3) is 0 Å². The van der Waals surface area contributed by atoms with Crippen LogP contribution in [-0.4, -0.2) is 17.9 Å². The Morgan fingerprint density at radius 3 is 2.82 bits per heavy atom. The molecule has 0 radical (unpaired) electrons. The molecular weight excluding hydrogens is 238 g/mol. The molecule has 0 bridgehead atoms. The van der Waals surface area contributed by atoms with Crippen molar-refractivity contribution in [2.75, 3.05) is 7.11 Å². The number of carbonyl (C=O) groups is 1. The van der Waals surface area contributed by atoms with Crippen molar-refractivity contribution in [3.63, 3.8) is 0 Å². The fraction of sp³-hybridized carbons (Fsp3) is 0.0769. The van der Waals surface area contributed by atoms with Crippen LogP contribution in [0.2, 0.25) is 5.02 Å². The van der Waals surface area contributed by atoms with E-state index in [0.717, 1.165) is 0 Å². The van der Waals surface area contributed by atoms with Gasteiger partial charge in [0.15, 0.2) is 0 Å². The molecule has 2 rings (SSSR count). The van der Waals surface area contributed by atoms with E-state index in [4.69, 9.17) is 16.3 Å². The summed E-state index contributed by atoms with van der Waals surface area (Å²) in [6, 6.07) is 10.2. The highest BCUT2D eigenvalue weighted by Gasteiger charge is 2.14. The summed E-state index contributed by atoms with van der Waals surface area (Å²) < 4.78 is 5.07. The van der Waals surface area contributed by atoms with Crippen LogP contribution in [0, 0.1) is 0 Å². The lowest BCUT2D eigenvalue weighted by molar-refractivity contribution is 0.103. The molecule has 3 nitrogen and oxygen atoms in total. The van der Waals surface area contributed by atoms with E-state index in [1.165, 1.54) is 0 Å². The van der Waals surface area contributed by atoms with Gasteiger partial charge < -0.3 is 4.74 Å². The molecule has 0 atom stereocenters. The summed E-state index contributed by atoms with van der Waals surface area (Å²) in [6.45, 7) is 0. The van der Waals surface area contributed by atoms with E-state index in [1.807, 2.05) is 0 Å². The minimum absolute atomic E-state index is 0.213. The monoisotopic (exact) mass is 247 g/mol. The van der Waals surface area contributed by atoms with Crippen molar-refractivity contribution in [1.29, 1.82) is 0 Å². The van der Waals surface area contributed by atoms with E-state index in [2.05, 4.69) is 4.98 Å². The fourth-order valence-corrected chi connectivity index (χ4v) is 1.66. The molecule has 0 unspecified atom stereocenters. The number of ether oxygens (including phenoxy) is 1. The number of methoxy groups -OCH3 is 1. The topological polar surface area (TPSA) is 39.2 Å². The first-order valence-corrected chi connectivity index (χ1v) is 5.39. The van der Waals surface area contributed by atoms with Crippen LogP contribution in [0.5, 0.6) is 5.75 Å². The van der Waals surface area contributed by atoms with Gasteiger partial charge in [0.1, 0.15) is 11.4 Å². The molecule has 4 heteroatoms. The molecule has 17 heavy (non-hydrogen) atoms. The number of halogens is 1. The van der Waals surface area contributed by atoms with Crippen molar-refractivity contribution in [1.82, 2.24) is 4.98 Å². The molecule has 0 fully saturated rings. The van der Waals surface area contributed by atoms with Crippen LogP contribution >= 0.6 is 11.6 Å². The fourth-order valence-electron chi connectivity index (χ4n) is 1.45. The second kappa shape index (κ2) is 4.97. The number of aromatic nitrogens is 1. The van der Waals surface area contributed by atoms with Gasteiger partial charge in [-0.25, -0.2) is 0 Å². The largest absolute Gasteiger partial charge is 0.497 e. The lowest BCUT2D eigenvalue weighted by Gasteiger charge is -2.04. The SMILES string of the molecule is COc1cccc(C(=O)c2ncccc2Cl)c1. The number of carbonyl (C=O) groups excluding carboxylic acids is 1. The summed E-state index contributed by atoms with van der Waals surface area (Å²) in [4.78, 5) is 16.1. The molecule has 0 aliphatic heterocycles. The normalized spacial score (nSPS) is 10.0. The standard InChI is InChI=1S/C13H10ClNO2/c1-17-10-5-2-4-9(8-10)13(16)12-11(14)6-3-7-15-12/h2-8H,1H3. The van der Waals surface area contributed by atoms with Gasteiger partial charge in [0.05, 0.1) is 12.1 Å². The van der Waals surface area contributed by atoms with Crippen LogP contribution in [-0.2, 0) is 0 Å². The third-order valence-corrected chi connectivity index (χ3v) is 2.61. The predicted molar refractivity (Wildman–Crippen MR) is 65.7 cm³/mol. The number of benzene rings is 1. The van der Waals surface area contributed by atoms with E-state index in [9.17, 15) is 4.79 Å². The van der Waals surface area contributed by atoms with Crippen LogP contribution in [0.3, 0.4) is 0 Å². The third-order valence-electron chi connectivity index (χ3n) is 2.31. The Bertz CT molecular complexity index is 555. The lowest BCUT2D eigenvalue weighted by atomic mass is 10.1. The third kappa shape index (κ3) is 2.45. The summed E-state index contributed by atoms with van der Waals surface area (Å²) >= 11 is 5.93. The number of hydrogen-bond donors (Lipinski definition) is 0. The van der Waals surface area contributed by atoms with Gasteiger partial charge in [-0.15, -0.1) is 0 Å². The average Bonchev–Trinajstić information content (AvgIpc) is 2.38. The van der Waals surface area contributed by atoms with E-state index >= 15 is 0 Å². The zero-order chi connectivity index (χ0) is 12.3. The molecule has 86 valence electrons. The molecule has 1 aromatic carbocycles. The van der Waals surface area contributed by atoms with Crippen molar-refractivity contribution in [2.45, 2.75) is 0 Å². The van der Waals surface area contributed by atoms with Gasteiger partial charge in [0, 0.05) is 11.8 Å². The van der Waals surface area contributed by atoms with Crippen molar-refractivity contribution in [3.8, 4) is 5.75 Å². The summed E-state index contributed by atoms with van der Waals surface area (Å²) in [5.41, 5.74) is 0.757. The second-order valence-electron chi connectivity index (χ2n) is 3.39. The predicted octanol–water partition coefficient (Wildman–Crippen LogP) is 2.97. The van der Waals surface area contributed by atoms with Crippen LogP contribution < -0.4 is 4.74 Å². The Hall–Kier alpha value is -1.87. The molecule has 0 spiro atoms. The number of rotatable bonds is 3. The number of ketones is 1. The molecule has 0 amide bonds. The zero-order valence-corrected chi connectivity index (χ0v) is 9.94. The van der Waals surface area contributed by atoms with Crippen LogP contribution in [0.15, 0.2) is 42.6 Å². The van der Waals surface area contributed by atoms with E-state index in [0.29, 0.717) is 16.3 Å². The number of pyridine rings is 1. The van der Waals surface area contributed by atoms with Crippen molar-refractivity contribution >= 4 is 17.4 Å². The maximum atomic E-state index is 12.1. The van der Waals surface area contributed by atoms with Crippen molar-refractivity contribution < 1.29 is 9.53 Å². The molecule has 1 aromatic heterocycles. The van der Waals surface area contributed by atoms with E-state index in [1.54, 1.807) is 49.7 Å². The quantitative estimate of drug-likeness (QED) is 0.783. The Balaban J connectivity index is 2.40. The summed E-state index contributed by atoms with van der Waals surface area (Å²) in [6.07, 6.45) is 1.54. The lowest BCUT2D eigenvalue weighted by Crippen LogP contribution is -2.04. The average molecular weight is 248 g/mol. The highest BCUT2D eigenvalue weighted by atomic mass is 35.5. The molecular formula is C13H10ClNO2. The molecule has 0 saturated carbocycles. The first-order chi connectivity index (χ1) is 8.22. The Morgan fingerprint density at radius 2 is 2.12 bits per heavy atom. The minimum Gasteiger partial charge on any atom is -0.497 e. The zero-order valence-electron chi connectivity index (χ0n) is 9.18. The van der Waals surface area contributed by atoms with Crippen molar-refractivity contribution in [3.05, 3.63) is 58.9 Å². The van der Waals surface area contributed by atoms with Crippen LogP contribution in [0.1, 0.15) is 16.1 Å². The number of hydrogen-bond acceptors (Lipinski definition) is 3. The van der Waals surface area contributed by atoms with Gasteiger partial charge >= 0.3 is 0 Å². The maximum Gasteiger partial charge on any atom is 0.213 e. The summed E-state index contributed by atoms with van der Waals surface area (Å²) in [5.74, 6) is 0.414. The summed E-state index contributed by atoms with van der Waals surface area (Å²) in [5, 5.41) is 0.348. The van der Waals surface area contributed by atoms with Gasteiger partial charge in [-0.05, 0) is 24.3 Å². The Kier molecular flexibility index (Phi) is 3.40. The van der Waals surface area contributed by atoms with Crippen LogP contribution in [0.4, 0.5) is 0 Å². The highest BCUT2D eigenvalue weighted by Crippen LogP contribution is 2.19. The highest BCUT2D eigenvalue weighted by molar-refractivity contribution is 6.34. The minimum atomic E-state index is -0.213. The second-order valence-corrected chi connectivity index (χ2v) is 3.80. The summed E-state index contributed by atoms with van der Waals surface area (Å²) in [7, 11) is 1.55. The van der Waals surface area contributed by atoms with Crippen molar-refractivity contribution in [2.24, 2.45) is 0 Å². The maximum absolute atomic E-state index is 12.1. The van der Waals surface area contributed by atoms with Gasteiger partial charge in [0.2, 0.25) is 5.78 Å². The Labute approximate surface area is 104 Å². The first kappa shape index (κ1) is 11.6. The molecule has 0 saturated heterocycles.